The third-order valence-electron chi connectivity index (χ3n) is 2.87. The van der Waals surface area contributed by atoms with Gasteiger partial charge >= 0.3 is 0 Å². The SMILES string of the molecule is CCCNC(CCC)C(CC)Sc1nnc(C)s1. The van der Waals surface area contributed by atoms with Gasteiger partial charge in [0.05, 0.1) is 0 Å². The maximum Gasteiger partial charge on any atom is 0.174 e. The predicted octanol–water partition coefficient (Wildman–Crippen LogP) is 3.89. The van der Waals surface area contributed by atoms with Crippen LogP contribution >= 0.6 is 23.1 Å². The third-order valence-corrected chi connectivity index (χ3v) is 5.29. The van der Waals surface area contributed by atoms with Crippen LogP contribution in [-0.2, 0) is 0 Å². The zero-order valence-corrected chi connectivity index (χ0v) is 13.5. The number of hydrogen-bond acceptors (Lipinski definition) is 5. The van der Waals surface area contributed by atoms with E-state index < -0.39 is 0 Å². The Balaban J connectivity index is 2.59. The second kappa shape index (κ2) is 8.88. The quantitative estimate of drug-likeness (QED) is 0.699. The summed E-state index contributed by atoms with van der Waals surface area (Å²) in [5.41, 5.74) is 0. The molecule has 0 fully saturated rings. The Morgan fingerprint density at radius 3 is 2.50 bits per heavy atom. The van der Waals surface area contributed by atoms with Crippen LogP contribution in [0.5, 0.6) is 0 Å². The first-order chi connectivity index (χ1) is 8.71. The van der Waals surface area contributed by atoms with Crippen molar-refractivity contribution in [2.45, 2.75) is 69.0 Å². The van der Waals surface area contributed by atoms with E-state index in [9.17, 15) is 0 Å². The molecule has 0 bridgehead atoms. The first kappa shape index (κ1) is 15.9. The summed E-state index contributed by atoms with van der Waals surface area (Å²) in [5.74, 6) is 0. The molecular formula is C13H25N3S2. The molecule has 1 aromatic rings. The molecule has 0 aliphatic carbocycles. The molecule has 0 aromatic carbocycles. The van der Waals surface area contributed by atoms with Gasteiger partial charge in [-0.2, -0.15) is 0 Å². The average molecular weight is 287 g/mol. The van der Waals surface area contributed by atoms with Gasteiger partial charge in [-0.3, -0.25) is 0 Å². The number of hydrogen-bond donors (Lipinski definition) is 1. The van der Waals surface area contributed by atoms with Crippen molar-refractivity contribution in [2.24, 2.45) is 0 Å². The standard InChI is InChI=1S/C13H25N3S2/c1-5-8-11(14-9-6-2)12(7-3)18-13-16-15-10(4)17-13/h11-12,14H,5-9H2,1-4H3. The second-order valence-corrected chi connectivity index (χ2v) is 7.17. The number of nitrogens with zero attached hydrogens (tertiary/aromatic N) is 2. The van der Waals surface area contributed by atoms with Crippen LogP contribution in [0.2, 0.25) is 0 Å². The summed E-state index contributed by atoms with van der Waals surface area (Å²) in [6, 6.07) is 0.592. The smallest absolute Gasteiger partial charge is 0.174 e. The molecule has 1 aromatic heterocycles. The van der Waals surface area contributed by atoms with E-state index in [4.69, 9.17) is 0 Å². The van der Waals surface area contributed by atoms with E-state index in [0.717, 1.165) is 15.9 Å². The molecule has 0 spiro atoms. The Morgan fingerprint density at radius 1 is 1.22 bits per heavy atom. The van der Waals surface area contributed by atoms with Crippen LogP contribution in [0.1, 0.15) is 51.5 Å². The van der Waals surface area contributed by atoms with E-state index in [2.05, 4.69) is 36.3 Å². The maximum atomic E-state index is 4.23. The van der Waals surface area contributed by atoms with Crippen LogP contribution in [-0.4, -0.2) is 28.0 Å². The highest BCUT2D eigenvalue weighted by Crippen LogP contribution is 2.31. The third kappa shape index (κ3) is 5.24. The molecule has 2 atom stereocenters. The highest BCUT2D eigenvalue weighted by Gasteiger charge is 2.21. The van der Waals surface area contributed by atoms with Gasteiger partial charge in [0.15, 0.2) is 4.34 Å². The molecule has 0 aliphatic heterocycles. The molecule has 1 rings (SSSR count). The minimum absolute atomic E-state index is 0.592. The van der Waals surface area contributed by atoms with Crippen molar-refractivity contribution in [3.05, 3.63) is 5.01 Å². The van der Waals surface area contributed by atoms with Crippen LogP contribution in [0.4, 0.5) is 0 Å². The van der Waals surface area contributed by atoms with Gasteiger partial charge in [-0.25, -0.2) is 0 Å². The fourth-order valence-electron chi connectivity index (χ4n) is 1.97. The van der Waals surface area contributed by atoms with Crippen molar-refractivity contribution in [3.8, 4) is 0 Å². The molecule has 3 nitrogen and oxygen atoms in total. The highest BCUT2D eigenvalue weighted by atomic mass is 32.2. The zero-order chi connectivity index (χ0) is 13.4. The van der Waals surface area contributed by atoms with Gasteiger partial charge in [-0.1, -0.05) is 50.3 Å². The lowest BCUT2D eigenvalue weighted by Gasteiger charge is -2.25. The number of nitrogens with one attached hydrogen (secondary N) is 1. The van der Waals surface area contributed by atoms with Crippen molar-refractivity contribution in [1.82, 2.24) is 15.5 Å². The maximum absolute atomic E-state index is 4.23. The number of aromatic nitrogens is 2. The van der Waals surface area contributed by atoms with Crippen LogP contribution in [0, 0.1) is 6.92 Å². The van der Waals surface area contributed by atoms with Crippen molar-refractivity contribution < 1.29 is 0 Å². The topological polar surface area (TPSA) is 37.8 Å². The van der Waals surface area contributed by atoms with Crippen LogP contribution < -0.4 is 5.32 Å². The predicted molar refractivity (Wildman–Crippen MR) is 81.6 cm³/mol. The summed E-state index contributed by atoms with van der Waals surface area (Å²) in [4.78, 5) is 0. The lowest BCUT2D eigenvalue weighted by atomic mass is 10.1. The average Bonchev–Trinajstić information content (AvgIpc) is 2.77. The normalized spacial score (nSPS) is 14.7. The fraction of sp³-hybridized carbons (Fsp3) is 0.846. The molecule has 18 heavy (non-hydrogen) atoms. The van der Waals surface area contributed by atoms with Crippen molar-refractivity contribution in [1.29, 1.82) is 0 Å². The van der Waals surface area contributed by atoms with Gasteiger partial charge in [-0.05, 0) is 32.7 Å². The van der Waals surface area contributed by atoms with Crippen LogP contribution in [0.15, 0.2) is 4.34 Å². The van der Waals surface area contributed by atoms with Gasteiger partial charge in [0.2, 0.25) is 0 Å². The van der Waals surface area contributed by atoms with E-state index in [0.29, 0.717) is 11.3 Å². The fourth-order valence-corrected chi connectivity index (χ4v) is 4.22. The minimum Gasteiger partial charge on any atom is -0.313 e. The molecule has 0 saturated heterocycles. The monoisotopic (exact) mass is 287 g/mol. The Labute approximate surface area is 119 Å². The number of rotatable bonds is 9. The Bertz CT molecular complexity index is 328. The lowest BCUT2D eigenvalue weighted by Crippen LogP contribution is -2.38. The van der Waals surface area contributed by atoms with Crippen molar-refractivity contribution in [3.63, 3.8) is 0 Å². The second-order valence-electron chi connectivity index (χ2n) is 4.50. The molecule has 1 heterocycles. The van der Waals surface area contributed by atoms with E-state index >= 15 is 0 Å². The van der Waals surface area contributed by atoms with Crippen LogP contribution in [0.3, 0.4) is 0 Å². The summed E-state index contributed by atoms with van der Waals surface area (Å²) in [6.45, 7) is 9.87. The highest BCUT2D eigenvalue weighted by molar-refractivity contribution is 8.01. The van der Waals surface area contributed by atoms with Gasteiger partial charge in [0, 0.05) is 11.3 Å². The van der Waals surface area contributed by atoms with E-state index in [-0.39, 0.29) is 0 Å². The molecular weight excluding hydrogens is 262 g/mol. The largest absolute Gasteiger partial charge is 0.313 e. The van der Waals surface area contributed by atoms with Gasteiger partial charge in [0.25, 0.3) is 0 Å². The summed E-state index contributed by atoms with van der Waals surface area (Å²) in [7, 11) is 0. The first-order valence-corrected chi connectivity index (χ1v) is 8.60. The number of aryl methyl sites for hydroxylation is 1. The Hall–Kier alpha value is -0.130. The Kier molecular flexibility index (Phi) is 7.86. The molecule has 0 radical (unpaired) electrons. The summed E-state index contributed by atoms with van der Waals surface area (Å²) < 4.78 is 1.11. The molecule has 104 valence electrons. The molecule has 1 N–H and O–H groups in total. The molecule has 2 unspecified atom stereocenters. The number of thioether (sulfide) groups is 1. The van der Waals surface area contributed by atoms with E-state index in [1.165, 1.54) is 25.7 Å². The molecule has 0 amide bonds. The van der Waals surface area contributed by atoms with E-state index in [1.54, 1.807) is 11.3 Å². The zero-order valence-electron chi connectivity index (χ0n) is 11.9. The lowest BCUT2D eigenvalue weighted by molar-refractivity contribution is 0.454. The summed E-state index contributed by atoms with van der Waals surface area (Å²) in [5, 5.41) is 13.7. The van der Waals surface area contributed by atoms with Crippen molar-refractivity contribution in [2.75, 3.05) is 6.54 Å². The van der Waals surface area contributed by atoms with Crippen LogP contribution in [0.25, 0.3) is 0 Å². The van der Waals surface area contributed by atoms with Crippen molar-refractivity contribution >= 4 is 23.1 Å². The van der Waals surface area contributed by atoms with Gasteiger partial charge in [-0.15, -0.1) is 10.2 Å². The van der Waals surface area contributed by atoms with Gasteiger partial charge < -0.3 is 5.32 Å². The summed E-state index contributed by atoms with van der Waals surface area (Å²) in [6.07, 6.45) is 4.83. The molecule has 5 heteroatoms. The summed E-state index contributed by atoms with van der Waals surface area (Å²) >= 11 is 3.59. The van der Waals surface area contributed by atoms with Gasteiger partial charge in [0.1, 0.15) is 5.01 Å². The minimum atomic E-state index is 0.592. The Morgan fingerprint density at radius 2 is 2.00 bits per heavy atom. The first-order valence-electron chi connectivity index (χ1n) is 6.91. The van der Waals surface area contributed by atoms with E-state index in [1.807, 2.05) is 18.7 Å². The molecule has 0 aliphatic rings. The molecule has 0 saturated carbocycles.